The van der Waals surface area contributed by atoms with Gasteiger partial charge in [0.1, 0.15) is 6.61 Å². The maximum absolute atomic E-state index is 11.8. The van der Waals surface area contributed by atoms with Gasteiger partial charge in [-0.3, -0.25) is 9.36 Å². The van der Waals surface area contributed by atoms with E-state index in [-0.39, 0.29) is 18.5 Å². The zero-order valence-electron chi connectivity index (χ0n) is 11.2. The van der Waals surface area contributed by atoms with Crippen LogP contribution in [0.1, 0.15) is 18.9 Å². The molecule has 3 atom stereocenters. The summed E-state index contributed by atoms with van der Waals surface area (Å²) in [7, 11) is 0.991. The van der Waals surface area contributed by atoms with E-state index in [2.05, 4.69) is 8.93 Å². The van der Waals surface area contributed by atoms with E-state index in [4.69, 9.17) is 9.26 Å². The molecule has 106 valence electrons. The lowest BCUT2D eigenvalue weighted by molar-refractivity contribution is -0.149. The number of ether oxygens (including phenoxy) is 1. The summed E-state index contributed by atoms with van der Waals surface area (Å²) in [4.78, 5) is 11.8. The molecule has 1 rings (SSSR count). The van der Waals surface area contributed by atoms with Crippen LogP contribution in [-0.2, 0) is 25.2 Å². The van der Waals surface area contributed by atoms with E-state index in [1.54, 1.807) is 6.92 Å². The average molecular weight is 302 g/mol. The van der Waals surface area contributed by atoms with Crippen LogP contribution in [0.25, 0.3) is 0 Å². The molecule has 0 fully saturated rings. The molecule has 0 aliphatic heterocycles. The molecule has 0 heterocycles. The number of benzene rings is 1. The molecule has 1 aromatic carbocycles. The molecule has 0 saturated heterocycles. The lowest BCUT2D eigenvalue weighted by Crippen LogP contribution is -2.15. The van der Waals surface area contributed by atoms with E-state index in [0.29, 0.717) is 12.6 Å². The number of rotatable bonds is 7. The molecule has 0 N–H and O–H groups in total. The van der Waals surface area contributed by atoms with Crippen LogP contribution < -0.4 is 0 Å². The van der Waals surface area contributed by atoms with Gasteiger partial charge in [0.25, 0.3) is 0 Å². The fourth-order valence-electron chi connectivity index (χ4n) is 1.45. The van der Waals surface area contributed by atoms with Gasteiger partial charge >= 0.3 is 5.97 Å². The molecule has 19 heavy (non-hydrogen) atoms. The molecule has 0 saturated carbocycles. The van der Waals surface area contributed by atoms with Gasteiger partial charge in [-0.1, -0.05) is 37.3 Å². The minimum atomic E-state index is -2.64. The third-order valence-corrected chi connectivity index (χ3v) is 5.72. The van der Waals surface area contributed by atoms with Gasteiger partial charge < -0.3 is 9.26 Å². The molecule has 0 radical (unpaired) electrons. The highest BCUT2D eigenvalue weighted by Crippen LogP contribution is 2.55. The monoisotopic (exact) mass is 302 g/mol. The van der Waals surface area contributed by atoms with Crippen LogP contribution in [0.5, 0.6) is 0 Å². The fourth-order valence-corrected chi connectivity index (χ4v) is 2.83. The van der Waals surface area contributed by atoms with Crippen molar-refractivity contribution >= 4 is 22.0 Å². The number of hydrogen-bond acceptors (Lipinski definition) is 4. The van der Waals surface area contributed by atoms with Gasteiger partial charge in [0.2, 0.25) is 7.06 Å². The zero-order chi connectivity index (χ0) is 14.3. The van der Waals surface area contributed by atoms with Crippen molar-refractivity contribution < 1.29 is 18.6 Å². The van der Waals surface area contributed by atoms with E-state index in [1.165, 1.54) is 7.11 Å². The second kappa shape index (κ2) is 7.79. The second-order valence-corrected chi connectivity index (χ2v) is 9.04. The lowest BCUT2D eigenvalue weighted by atomic mass is 10.1. The Morgan fingerprint density at radius 3 is 2.58 bits per heavy atom. The molecular weight excluding hydrogens is 282 g/mol. The highest BCUT2D eigenvalue weighted by molar-refractivity contribution is 8.14. The number of esters is 1. The third-order valence-electron chi connectivity index (χ3n) is 2.81. The molecule has 0 aromatic heterocycles. The van der Waals surface area contributed by atoms with Crippen LogP contribution in [-0.4, -0.2) is 19.2 Å². The smallest absolute Gasteiger partial charge is 0.308 e. The second-order valence-electron chi connectivity index (χ2n) is 4.42. The van der Waals surface area contributed by atoms with Crippen molar-refractivity contribution in [2.75, 3.05) is 13.3 Å². The predicted molar refractivity (Wildman–Crippen MR) is 79.2 cm³/mol. The summed E-state index contributed by atoms with van der Waals surface area (Å²) in [5, 5.41) is 0. The summed E-state index contributed by atoms with van der Waals surface area (Å²) in [5.41, 5.74) is 0.955. The van der Waals surface area contributed by atoms with Crippen LogP contribution in [0.3, 0.4) is 0 Å². The van der Waals surface area contributed by atoms with Crippen molar-refractivity contribution in [3.05, 3.63) is 35.9 Å². The Balaban J connectivity index is 2.35. The van der Waals surface area contributed by atoms with Gasteiger partial charge in [-0.15, -0.1) is 0 Å². The molecule has 0 amide bonds. The molecule has 0 spiro atoms. The molecule has 0 aliphatic carbocycles. The standard InChI is InChI=1S/C13H20O4P2/c1-11(8-9-19(15,18)16-2)13(14)17-10-12-6-4-3-5-7-12/h3-7,11H,8-10,18H2,1-2H3/t11-,19?/m1/s1. The maximum Gasteiger partial charge on any atom is 0.308 e. The minimum absolute atomic E-state index is 0.271. The highest BCUT2D eigenvalue weighted by atomic mass is 32.0. The van der Waals surface area contributed by atoms with E-state index < -0.39 is 7.06 Å². The van der Waals surface area contributed by atoms with E-state index >= 15 is 0 Å². The van der Waals surface area contributed by atoms with Crippen molar-refractivity contribution in [3.8, 4) is 0 Å². The van der Waals surface area contributed by atoms with E-state index in [1.807, 2.05) is 30.3 Å². The summed E-state index contributed by atoms with van der Waals surface area (Å²) < 4.78 is 21.8. The average Bonchev–Trinajstić information content (AvgIpc) is 2.43. The van der Waals surface area contributed by atoms with E-state index in [9.17, 15) is 9.36 Å². The Kier molecular flexibility index (Phi) is 6.71. The summed E-state index contributed by atoms with van der Waals surface area (Å²) in [6, 6.07) is 9.51. The molecule has 4 nitrogen and oxygen atoms in total. The van der Waals surface area contributed by atoms with Crippen LogP contribution in [0.4, 0.5) is 0 Å². The predicted octanol–water partition coefficient (Wildman–Crippen LogP) is 3.47. The Hall–Kier alpha value is -0.690. The number of hydrogen-bond donors (Lipinski definition) is 0. The Morgan fingerprint density at radius 1 is 1.37 bits per heavy atom. The van der Waals surface area contributed by atoms with Crippen molar-refractivity contribution in [1.29, 1.82) is 0 Å². The topological polar surface area (TPSA) is 52.6 Å². The molecule has 0 bridgehead atoms. The van der Waals surface area contributed by atoms with Gasteiger partial charge in [0, 0.05) is 13.3 Å². The molecule has 0 aliphatic rings. The molecule has 1 aromatic rings. The summed E-state index contributed by atoms with van der Waals surface area (Å²) >= 11 is 0. The summed E-state index contributed by atoms with van der Waals surface area (Å²) in [5.74, 6) is -0.558. The van der Waals surface area contributed by atoms with Gasteiger partial charge in [0.15, 0.2) is 0 Å². The number of carbonyl (C=O) groups is 1. The van der Waals surface area contributed by atoms with Gasteiger partial charge in [0.05, 0.1) is 5.92 Å². The fraction of sp³-hybridized carbons (Fsp3) is 0.462. The Bertz CT molecular complexity index is 447. The van der Waals surface area contributed by atoms with Crippen molar-refractivity contribution in [2.24, 2.45) is 5.92 Å². The summed E-state index contributed by atoms with van der Waals surface area (Å²) in [6.45, 7) is 2.04. The highest BCUT2D eigenvalue weighted by Gasteiger charge is 2.20. The van der Waals surface area contributed by atoms with Crippen LogP contribution >= 0.6 is 16.0 Å². The first kappa shape index (κ1) is 16.4. The first-order valence-corrected chi connectivity index (χ1v) is 9.51. The Labute approximate surface area is 116 Å². The molecule has 6 heteroatoms. The van der Waals surface area contributed by atoms with Crippen LogP contribution in [0.2, 0.25) is 0 Å². The maximum atomic E-state index is 11.8. The first-order chi connectivity index (χ1) is 8.94. The normalized spacial score (nSPS) is 15.5. The summed E-state index contributed by atoms with van der Waals surface area (Å²) in [6.07, 6.45) is 0.845. The lowest BCUT2D eigenvalue weighted by Gasteiger charge is -2.14. The van der Waals surface area contributed by atoms with Gasteiger partial charge in [-0.05, 0) is 20.9 Å². The largest absolute Gasteiger partial charge is 0.461 e. The van der Waals surface area contributed by atoms with Gasteiger partial charge in [-0.2, -0.15) is 0 Å². The van der Waals surface area contributed by atoms with Crippen LogP contribution in [0.15, 0.2) is 30.3 Å². The van der Waals surface area contributed by atoms with Crippen LogP contribution in [0, 0.1) is 5.92 Å². The number of carbonyl (C=O) groups excluding carboxylic acids is 1. The Morgan fingerprint density at radius 2 is 2.00 bits per heavy atom. The van der Waals surface area contributed by atoms with Crippen molar-refractivity contribution in [3.63, 3.8) is 0 Å². The third kappa shape index (κ3) is 6.33. The first-order valence-electron chi connectivity index (χ1n) is 6.08. The SMILES string of the molecule is COP(=O)(P)CC[C@@H](C)C(=O)OCc1ccccc1. The van der Waals surface area contributed by atoms with Crippen molar-refractivity contribution in [2.45, 2.75) is 20.0 Å². The zero-order valence-corrected chi connectivity index (χ0v) is 13.3. The molecule has 2 unspecified atom stereocenters. The van der Waals surface area contributed by atoms with Gasteiger partial charge in [-0.25, -0.2) is 0 Å². The van der Waals surface area contributed by atoms with E-state index in [0.717, 1.165) is 5.56 Å². The quantitative estimate of drug-likeness (QED) is 0.571. The minimum Gasteiger partial charge on any atom is -0.461 e. The van der Waals surface area contributed by atoms with Crippen molar-refractivity contribution in [1.82, 2.24) is 0 Å². The molecular formula is C13H20O4P2.